The highest BCUT2D eigenvalue weighted by atomic mass is 16.5. The molecule has 0 saturated heterocycles. The van der Waals surface area contributed by atoms with Gasteiger partial charge in [0.1, 0.15) is 0 Å². The van der Waals surface area contributed by atoms with Gasteiger partial charge in [-0.05, 0) is 32.4 Å². The van der Waals surface area contributed by atoms with Gasteiger partial charge in [-0.3, -0.25) is 0 Å². The summed E-state index contributed by atoms with van der Waals surface area (Å²) in [6.45, 7) is 7.48. The minimum atomic E-state index is -0.283. The molecule has 0 aromatic rings. The van der Waals surface area contributed by atoms with Crippen molar-refractivity contribution in [1.82, 2.24) is 10.6 Å². The lowest BCUT2D eigenvalue weighted by Gasteiger charge is -2.05. The largest absolute Gasteiger partial charge is 0.450 e. The number of unbranched alkanes of at least 4 members (excludes halogenated alkanes) is 3. The lowest BCUT2D eigenvalue weighted by Crippen LogP contribution is -2.25. The van der Waals surface area contributed by atoms with Crippen LogP contribution in [0.4, 0.5) is 4.79 Å². The van der Waals surface area contributed by atoms with E-state index in [9.17, 15) is 4.79 Å². The summed E-state index contributed by atoms with van der Waals surface area (Å²) in [5.74, 6) is 0. The molecule has 0 spiro atoms. The number of carbonyl (C=O) groups excluding carboxylic acids is 1. The molecule has 0 aliphatic heterocycles. The molecule has 16 heavy (non-hydrogen) atoms. The van der Waals surface area contributed by atoms with Crippen LogP contribution in [0, 0.1) is 0 Å². The highest BCUT2D eigenvalue weighted by Gasteiger charge is 1.98. The lowest BCUT2D eigenvalue weighted by atomic mass is 10.2. The van der Waals surface area contributed by atoms with Crippen LogP contribution in [0.3, 0.4) is 0 Å². The van der Waals surface area contributed by atoms with E-state index >= 15 is 0 Å². The summed E-state index contributed by atoms with van der Waals surface area (Å²) in [5, 5.41) is 6.03. The number of hydrogen-bond acceptors (Lipinski definition) is 3. The van der Waals surface area contributed by atoms with Crippen molar-refractivity contribution < 1.29 is 9.53 Å². The molecule has 0 unspecified atom stereocenters. The van der Waals surface area contributed by atoms with Crippen LogP contribution in [0.5, 0.6) is 0 Å². The Balaban J connectivity index is 3.05. The van der Waals surface area contributed by atoms with Crippen LogP contribution in [-0.2, 0) is 4.74 Å². The third kappa shape index (κ3) is 11.3. The summed E-state index contributed by atoms with van der Waals surface area (Å²) >= 11 is 0. The van der Waals surface area contributed by atoms with Gasteiger partial charge in [0.05, 0.1) is 6.61 Å². The summed E-state index contributed by atoms with van der Waals surface area (Å²) in [6.07, 6.45) is 5.23. The Morgan fingerprint density at radius 2 is 1.75 bits per heavy atom. The highest BCUT2D eigenvalue weighted by Crippen LogP contribution is 1.97. The highest BCUT2D eigenvalue weighted by molar-refractivity contribution is 5.66. The number of hydrogen-bond donors (Lipinski definition) is 2. The van der Waals surface area contributed by atoms with Crippen LogP contribution in [0.15, 0.2) is 0 Å². The van der Waals surface area contributed by atoms with E-state index in [2.05, 4.69) is 17.6 Å². The SMILES string of the molecule is CCCOC(=O)NCCCCCCNCC. The average Bonchev–Trinajstić information content (AvgIpc) is 2.30. The van der Waals surface area contributed by atoms with Gasteiger partial charge < -0.3 is 15.4 Å². The van der Waals surface area contributed by atoms with Crippen molar-refractivity contribution in [3.8, 4) is 0 Å². The molecule has 0 atom stereocenters. The van der Waals surface area contributed by atoms with E-state index in [4.69, 9.17) is 4.74 Å². The number of amides is 1. The quantitative estimate of drug-likeness (QED) is 0.566. The van der Waals surface area contributed by atoms with E-state index in [-0.39, 0.29) is 6.09 Å². The van der Waals surface area contributed by atoms with E-state index in [0.29, 0.717) is 6.61 Å². The zero-order chi connectivity index (χ0) is 12.1. The van der Waals surface area contributed by atoms with Crippen molar-refractivity contribution in [1.29, 1.82) is 0 Å². The van der Waals surface area contributed by atoms with Crippen LogP contribution in [0.25, 0.3) is 0 Å². The zero-order valence-corrected chi connectivity index (χ0v) is 10.7. The summed E-state index contributed by atoms with van der Waals surface area (Å²) in [7, 11) is 0. The van der Waals surface area contributed by atoms with Crippen molar-refractivity contribution in [2.24, 2.45) is 0 Å². The Kier molecular flexibility index (Phi) is 11.7. The fourth-order valence-corrected chi connectivity index (χ4v) is 1.34. The molecular formula is C12H26N2O2. The van der Waals surface area contributed by atoms with Crippen LogP contribution < -0.4 is 10.6 Å². The Morgan fingerprint density at radius 3 is 2.38 bits per heavy atom. The maximum absolute atomic E-state index is 11.0. The van der Waals surface area contributed by atoms with Gasteiger partial charge in [-0.15, -0.1) is 0 Å². The van der Waals surface area contributed by atoms with E-state index in [1.165, 1.54) is 19.3 Å². The monoisotopic (exact) mass is 230 g/mol. The van der Waals surface area contributed by atoms with E-state index in [0.717, 1.165) is 32.5 Å². The molecule has 0 aromatic heterocycles. The molecular weight excluding hydrogens is 204 g/mol. The molecule has 0 radical (unpaired) electrons. The Labute approximate surface area is 99.1 Å². The number of nitrogens with one attached hydrogen (secondary N) is 2. The van der Waals surface area contributed by atoms with E-state index < -0.39 is 0 Å². The second-order valence-electron chi connectivity index (χ2n) is 3.83. The fourth-order valence-electron chi connectivity index (χ4n) is 1.34. The maximum atomic E-state index is 11.0. The van der Waals surface area contributed by atoms with Gasteiger partial charge in [0.25, 0.3) is 0 Å². The first-order valence-electron chi connectivity index (χ1n) is 6.42. The maximum Gasteiger partial charge on any atom is 0.407 e. The molecule has 0 heterocycles. The van der Waals surface area contributed by atoms with E-state index in [1.54, 1.807) is 0 Å². The number of rotatable bonds is 10. The van der Waals surface area contributed by atoms with Crippen LogP contribution in [-0.4, -0.2) is 32.3 Å². The molecule has 96 valence electrons. The predicted octanol–water partition coefficient (Wildman–Crippen LogP) is 2.29. The van der Waals surface area contributed by atoms with Crippen molar-refractivity contribution in [2.75, 3.05) is 26.2 Å². The standard InChI is InChI=1S/C12H26N2O2/c1-3-11-16-12(15)14-10-8-6-5-7-9-13-4-2/h13H,3-11H2,1-2H3,(H,14,15). The van der Waals surface area contributed by atoms with Crippen molar-refractivity contribution in [2.45, 2.75) is 46.0 Å². The average molecular weight is 230 g/mol. The van der Waals surface area contributed by atoms with Crippen LogP contribution >= 0.6 is 0 Å². The van der Waals surface area contributed by atoms with Gasteiger partial charge in [0.15, 0.2) is 0 Å². The smallest absolute Gasteiger partial charge is 0.407 e. The topological polar surface area (TPSA) is 50.4 Å². The summed E-state index contributed by atoms with van der Waals surface area (Å²) in [6, 6.07) is 0. The Hall–Kier alpha value is -0.770. The minimum Gasteiger partial charge on any atom is -0.450 e. The second kappa shape index (κ2) is 12.3. The first-order chi connectivity index (χ1) is 7.81. The van der Waals surface area contributed by atoms with Gasteiger partial charge in [-0.2, -0.15) is 0 Å². The summed E-state index contributed by atoms with van der Waals surface area (Å²) < 4.78 is 4.89. The zero-order valence-electron chi connectivity index (χ0n) is 10.7. The summed E-state index contributed by atoms with van der Waals surface area (Å²) in [5.41, 5.74) is 0. The predicted molar refractivity (Wildman–Crippen MR) is 66.7 cm³/mol. The third-order valence-electron chi connectivity index (χ3n) is 2.24. The molecule has 0 bridgehead atoms. The van der Waals surface area contributed by atoms with Gasteiger partial charge in [0.2, 0.25) is 0 Å². The number of carbonyl (C=O) groups is 1. The number of alkyl carbamates (subject to hydrolysis) is 1. The van der Waals surface area contributed by atoms with E-state index in [1.807, 2.05) is 6.92 Å². The van der Waals surface area contributed by atoms with Gasteiger partial charge >= 0.3 is 6.09 Å². The normalized spacial score (nSPS) is 10.1. The molecule has 0 aliphatic carbocycles. The van der Waals surface area contributed by atoms with Crippen LogP contribution in [0.1, 0.15) is 46.0 Å². The van der Waals surface area contributed by atoms with Crippen LogP contribution in [0.2, 0.25) is 0 Å². The molecule has 1 amide bonds. The number of ether oxygens (including phenoxy) is 1. The van der Waals surface area contributed by atoms with Crippen molar-refractivity contribution in [3.63, 3.8) is 0 Å². The molecule has 0 fully saturated rings. The van der Waals surface area contributed by atoms with Gasteiger partial charge in [-0.1, -0.05) is 26.7 Å². The first kappa shape index (κ1) is 15.2. The molecule has 4 heteroatoms. The molecule has 0 rings (SSSR count). The fraction of sp³-hybridized carbons (Fsp3) is 0.917. The molecule has 2 N–H and O–H groups in total. The second-order valence-corrected chi connectivity index (χ2v) is 3.83. The van der Waals surface area contributed by atoms with Crippen molar-refractivity contribution in [3.05, 3.63) is 0 Å². The summed E-state index contributed by atoms with van der Waals surface area (Å²) in [4.78, 5) is 11.0. The van der Waals surface area contributed by atoms with Gasteiger partial charge in [-0.25, -0.2) is 4.79 Å². The Bertz CT molecular complexity index is 163. The molecule has 4 nitrogen and oxygen atoms in total. The molecule has 0 saturated carbocycles. The van der Waals surface area contributed by atoms with Gasteiger partial charge in [0, 0.05) is 6.54 Å². The lowest BCUT2D eigenvalue weighted by molar-refractivity contribution is 0.146. The third-order valence-corrected chi connectivity index (χ3v) is 2.24. The molecule has 0 aliphatic rings. The minimum absolute atomic E-state index is 0.283. The first-order valence-corrected chi connectivity index (χ1v) is 6.42. The van der Waals surface area contributed by atoms with Crippen molar-refractivity contribution >= 4 is 6.09 Å². The molecule has 0 aromatic carbocycles. The Morgan fingerprint density at radius 1 is 1.06 bits per heavy atom.